The van der Waals surface area contributed by atoms with Crippen molar-refractivity contribution in [3.63, 3.8) is 0 Å². The molecule has 0 saturated carbocycles. The van der Waals surface area contributed by atoms with Crippen LogP contribution in [-0.4, -0.2) is 35.2 Å². The van der Waals surface area contributed by atoms with Gasteiger partial charge in [0, 0.05) is 25.2 Å². The lowest BCUT2D eigenvalue weighted by molar-refractivity contribution is -0.121. The van der Waals surface area contributed by atoms with Crippen LogP contribution in [0, 0.1) is 11.6 Å². The van der Waals surface area contributed by atoms with E-state index in [0.717, 1.165) is 42.0 Å². The zero-order chi connectivity index (χ0) is 20.2. The highest BCUT2D eigenvalue weighted by atomic mass is 19.1. The maximum Gasteiger partial charge on any atom is 0.224 e. The van der Waals surface area contributed by atoms with Gasteiger partial charge in [-0.3, -0.25) is 9.89 Å². The number of hydrogen-bond donors (Lipinski definition) is 2. The molecular formula is C22H22F2N4O. The zero-order valence-corrected chi connectivity index (χ0v) is 15.9. The maximum absolute atomic E-state index is 13.1. The fourth-order valence-corrected chi connectivity index (χ4v) is 3.62. The van der Waals surface area contributed by atoms with Crippen molar-refractivity contribution < 1.29 is 13.6 Å². The van der Waals surface area contributed by atoms with Gasteiger partial charge in [-0.15, -0.1) is 0 Å². The lowest BCUT2D eigenvalue weighted by Crippen LogP contribution is -2.48. The van der Waals surface area contributed by atoms with E-state index in [0.29, 0.717) is 6.54 Å². The Labute approximate surface area is 167 Å². The normalized spacial score (nSPS) is 16.6. The van der Waals surface area contributed by atoms with Crippen molar-refractivity contribution >= 4 is 11.7 Å². The van der Waals surface area contributed by atoms with Crippen LogP contribution in [-0.2, 0) is 11.2 Å². The number of halogens is 2. The van der Waals surface area contributed by atoms with Crippen molar-refractivity contribution in [3.05, 3.63) is 71.8 Å². The summed E-state index contributed by atoms with van der Waals surface area (Å²) in [4.78, 5) is 14.5. The van der Waals surface area contributed by atoms with E-state index in [9.17, 15) is 13.6 Å². The summed E-state index contributed by atoms with van der Waals surface area (Å²) in [6, 6.07) is 14.2. The Balaban J connectivity index is 1.36. The summed E-state index contributed by atoms with van der Waals surface area (Å²) >= 11 is 0. The highest BCUT2D eigenvalue weighted by molar-refractivity contribution is 5.79. The average Bonchev–Trinajstić information content (AvgIpc) is 3.21. The molecule has 1 fully saturated rings. The number of carbonyl (C=O) groups is 1. The molecule has 2 N–H and O–H groups in total. The summed E-state index contributed by atoms with van der Waals surface area (Å²) in [6.07, 6.45) is 2.08. The first-order valence-corrected chi connectivity index (χ1v) is 9.67. The molecule has 1 saturated heterocycles. The van der Waals surface area contributed by atoms with E-state index in [1.165, 1.54) is 24.3 Å². The summed E-state index contributed by atoms with van der Waals surface area (Å²) in [7, 11) is 0. The number of aromatic nitrogens is 2. The Bertz CT molecular complexity index is 969. The number of piperidine rings is 1. The number of rotatable bonds is 5. The van der Waals surface area contributed by atoms with Crippen molar-refractivity contribution in [2.24, 2.45) is 0 Å². The SMILES string of the molecule is O=C(Cc1ccc(F)cc1)N[C@@H]1CCCN(c2cc(-c3ccc(F)cc3)[nH]n2)C1. The van der Waals surface area contributed by atoms with Crippen molar-refractivity contribution in [1.82, 2.24) is 15.5 Å². The van der Waals surface area contributed by atoms with E-state index in [4.69, 9.17) is 0 Å². The van der Waals surface area contributed by atoms with Crippen LogP contribution in [0.3, 0.4) is 0 Å². The minimum Gasteiger partial charge on any atom is -0.353 e. The first-order valence-electron chi connectivity index (χ1n) is 9.67. The third-order valence-corrected chi connectivity index (χ3v) is 5.11. The van der Waals surface area contributed by atoms with E-state index < -0.39 is 0 Å². The second-order valence-corrected chi connectivity index (χ2v) is 7.30. The number of nitrogens with zero attached hydrogens (tertiary/aromatic N) is 2. The number of anilines is 1. The molecule has 0 unspecified atom stereocenters. The molecule has 1 atom stereocenters. The first kappa shape index (κ1) is 19.1. The molecule has 1 aliphatic rings. The Morgan fingerprint density at radius 1 is 1.10 bits per heavy atom. The second kappa shape index (κ2) is 8.43. The third kappa shape index (κ3) is 4.80. The molecule has 2 heterocycles. The van der Waals surface area contributed by atoms with E-state index >= 15 is 0 Å². The number of carbonyl (C=O) groups excluding carboxylic acids is 1. The van der Waals surface area contributed by atoms with Crippen LogP contribution in [0.15, 0.2) is 54.6 Å². The lowest BCUT2D eigenvalue weighted by Gasteiger charge is -2.33. The molecule has 1 amide bonds. The summed E-state index contributed by atoms with van der Waals surface area (Å²) in [5.41, 5.74) is 2.47. The van der Waals surface area contributed by atoms with Gasteiger partial charge in [0.25, 0.3) is 0 Å². The van der Waals surface area contributed by atoms with Gasteiger partial charge in [0.2, 0.25) is 5.91 Å². The molecule has 29 heavy (non-hydrogen) atoms. The number of H-pyrrole nitrogens is 1. The van der Waals surface area contributed by atoms with Gasteiger partial charge in [0.05, 0.1) is 12.1 Å². The molecule has 1 aliphatic heterocycles. The zero-order valence-electron chi connectivity index (χ0n) is 15.9. The molecule has 0 radical (unpaired) electrons. The standard InChI is InChI=1S/C22H22F2N4O/c23-17-7-3-15(4-8-17)12-22(29)25-19-2-1-11-28(14-19)21-13-20(26-27-21)16-5-9-18(24)10-6-16/h3-10,13,19H,1-2,11-12,14H2,(H,25,29)(H,26,27)/t19-/m1/s1. The van der Waals surface area contributed by atoms with Gasteiger partial charge in [0.15, 0.2) is 5.82 Å². The van der Waals surface area contributed by atoms with E-state index in [2.05, 4.69) is 20.4 Å². The first-order chi connectivity index (χ1) is 14.1. The van der Waals surface area contributed by atoms with Crippen molar-refractivity contribution in [1.29, 1.82) is 0 Å². The third-order valence-electron chi connectivity index (χ3n) is 5.11. The molecule has 0 bridgehead atoms. The summed E-state index contributed by atoms with van der Waals surface area (Å²) < 4.78 is 26.1. The van der Waals surface area contributed by atoms with Crippen LogP contribution in [0.5, 0.6) is 0 Å². The quantitative estimate of drug-likeness (QED) is 0.692. The highest BCUT2D eigenvalue weighted by Crippen LogP contribution is 2.24. The molecule has 0 aliphatic carbocycles. The van der Waals surface area contributed by atoms with Gasteiger partial charge in [-0.1, -0.05) is 12.1 Å². The molecule has 3 aromatic rings. The molecule has 5 nitrogen and oxygen atoms in total. The molecule has 4 rings (SSSR count). The predicted octanol–water partition coefficient (Wildman–Crippen LogP) is 3.68. The average molecular weight is 396 g/mol. The van der Waals surface area contributed by atoms with E-state index in [-0.39, 0.29) is 30.0 Å². The van der Waals surface area contributed by atoms with Crippen LogP contribution >= 0.6 is 0 Å². The summed E-state index contributed by atoms with van der Waals surface area (Å²) in [5.74, 6) is 0.152. The van der Waals surface area contributed by atoms with Crippen LogP contribution in [0.1, 0.15) is 18.4 Å². The van der Waals surface area contributed by atoms with E-state index in [1.807, 2.05) is 6.07 Å². The molecule has 7 heteroatoms. The van der Waals surface area contributed by atoms with Gasteiger partial charge in [-0.2, -0.15) is 5.10 Å². The molecule has 150 valence electrons. The minimum absolute atomic E-state index is 0.0302. The van der Waals surface area contributed by atoms with Gasteiger partial charge in [0.1, 0.15) is 11.6 Å². The molecular weight excluding hydrogens is 374 g/mol. The van der Waals surface area contributed by atoms with Crippen LogP contribution < -0.4 is 10.2 Å². The van der Waals surface area contributed by atoms with Gasteiger partial charge < -0.3 is 10.2 Å². The van der Waals surface area contributed by atoms with Crippen LogP contribution in [0.2, 0.25) is 0 Å². The minimum atomic E-state index is -0.309. The lowest BCUT2D eigenvalue weighted by atomic mass is 10.0. The summed E-state index contributed by atoms with van der Waals surface area (Å²) in [6.45, 7) is 1.53. The second-order valence-electron chi connectivity index (χ2n) is 7.30. The Hall–Kier alpha value is -3.22. The van der Waals surface area contributed by atoms with Gasteiger partial charge in [-0.05, 0) is 60.4 Å². The summed E-state index contributed by atoms with van der Waals surface area (Å²) in [5, 5.41) is 10.5. The molecule has 2 aromatic carbocycles. The molecule has 0 spiro atoms. The largest absolute Gasteiger partial charge is 0.353 e. The van der Waals surface area contributed by atoms with Gasteiger partial charge in [-0.25, -0.2) is 8.78 Å². The number of aromatic amines is 1. The Morgan fingerprint density at radius 3 is 2.52 bits per heavy atom. The monoisotopic (exact) mass is 396 g/mol. The number of nitrogens with one attached hydrogen (secondary N) is 2. The Kier molecular flexibility index (Phi) is 5.55. The van der Waals surface area contributed by atoms with Crippen LogP contribution in [0.4, 0.5) is 14.6 Å². The van der Waals surface area contributed by atoms with Crippen LogP contribution in [0.25, 0.3) is 11.3 Å². The van der Waals surface area contributed by atoms with Crippen molar-refractivity contribution in [3.8, 4) is 11.3 Å². The number of benzene rings is 2. The maximum atomic E-state index is 13.1. The number of amides is 1. The fraction of sp³-hybridized carbons (Fsp3) is 0.273. The smallest absolute Gasteiger partial charge is 0.224 e. The fourth-order valence-electron chi connectivity index (χ4n) is 3.62. The van der Waals surface area contributed by atoms with Gasteiger partial charge >= 0.3 is 0 Å². The Morgan fingerprint density at radius 2 is 1.79 bits per heavy atom. The van der Waals surface area contributed by atoms with E-state index in [1.54, 1.807) is 24.3 Å². The van der Waals surface area contributed by atoms with Crippen molar-refractivity contribution in [2.75, 3.05) is 18.0 Å². The topological polar surface area (TPSA) is 61.0 Å². The number of hydrogen-bond acceptors (Lipinski definition) is 3. The highest BCUT2D eigenvalue weighted by Gasteiger charge is 2.23. The molecule has 1 aromatic heterocycles. The van der Waals surface area contributed by atoms with Crippen molar-refractivity contribution in [2.45, 2.75) is 25.3 Å². The predicted molar refractivity (Wildman–Crippen MR) is 107 cm³/mol.